The van der Waals surface area contributed by atoms with Gasteiger partial charge >= 0.3 is 5.69 Å². The van der Waals surface area contributed by atoms with E-state index in [0.29, 0.717) is 22.2 Å². The quantitative estimate of drug-likeness (QED) is 0.624. The van der Waals surface area contributed by atoms with Gasteiger partial charge in [-0.15, -0.1) is 16.4 Å². The molecule has 1 unspecified atom stereocenters. The number of amides is 2. The molecule has 4 rings (SSSR count). The molecule has 9 heteroatoms. The van der Waals surface area contributed by atoms with Crippen molar-refractivity contribution in [2.45, 2.75) is 26.2 Å². The molecule has 0 saturated carbocycles. The molecule has 2 heterocycles. The fraction of sp³-hybridized carbons (Fsp3) is 0.263. The molecule has 1 aliphatic carbocycles. The number of hydrogen-bond acceptors (Lipinski definition) is 5. The second kappa shape index (κ2) is 7.08. The zero-order chi connectivity index (χ0) is 19.8. The molecule has 0 fully saturated rings. The van der Waals surface area contributed by atoms with Crippen LogP contribution in [0.15, 0.2) is 35.1 Å². The van der Waals surface area contributed by atoms with Gasteiger partial charge in [0.25, 0.3) is 11.8 Å². The molecule has 0 spiro atoms. The Balaban J connectivity index is 1.65. The average molecular weight is 397 g/mol. The van der Waals surface area contributed by atoms with Gasteiger partial charge in [-0.25, -0.2) is 4.79 Å². The minimum atomic E-state index is -0.596. The van der Waals surface area contributed by atoms with Crippen LogP contribution in [0.3, 0.4) is 0 Å². The molecule has 8 nitrogen and oxygen atoms in total. The van der Waals surface area contributed by atoms with Gasteiger partial charge in [0.2, 0.25) is 5.82 Å². The molecule has 4 N–H and O–H groups in total. The monoisotopic (exact) mass is 397 g/mol. The van der Waals surface area contributed by atoms with E-state index in [0.717, 1.165) is 34.4 Å². The molecule has 2 amide bonds. The molecule has 0 aliphatic heterocycles. The molecule has 0 radical (unpaired) electrons. The molecule has 2 aromatic heterocycles. The highest BCUT2D eigenvalue weighted by Gasteiger charge is 2.28. The third-order valence-corrected chi connectivity index (χ3v) is 5.99. The number of nitrogens with two attached hydrogens (primary N) is 1. The first kappa shape index (κ1) is 18.2. The Bertz CT molecular complexity index is 1110. The van der Waals surface area contributed by atoms with Crippen LogP contribution in [0.1, 0.15) is 44.8 Å². The largest absolute Gasteiger partial charge is 0.365 e. The van der Waals surface area contributed by atoms with Crippen molar-refractivity contribution in [3.8, 4) is 5.69 Å². The van der Waals surface area contributed by atoms with Crippen LogP contribution in [0.5, 0.6) is 0 Å². The number of aromatic nitrogens is 3. The van der Waals surface area contributed by atoms with Crippen molar-refractivity contribution < 1.29 is 9.59 Å². The number of carbonyl (C=O) groups excluding carboxylic acids is 2. The van der Waals surface area contributed by atoms with Gasteiger partial charge in [-0.3, -0.25) is 14.6 Å². The van der Waals surface area contributed by atoms with Gasteiger partial charge < -0.3 is 11.1 Å². The zero-order valence-electron chi connectivity index (χ0n) is 15.2. The van der Waals surface area contributed by atoms with Gasteiger partial charge in [-0.1, -0.05) is 25.1 Å². The number of anilines is 1. The Morgan fingerprint density at radius 2 is 2.07 bits per heavy atom. The summed E-state index contributed by atoms with van der Waals surface area (Å²) in [5.74, 6) is -0.774. The van der Waals surface area contributed by atoms with E-state index in [-0.39, 0.29) is 5.82 Å². The smallest absolute Gasteiger partial charge is 0.348 e. The highest BCUT2D eigenvalue weighted by molar-refractivity contribution is 7.17. The molecule has 1 atom stereocenters. The third kappa shape index (κ3) is 3.24. The molecule has 144 valence electrons. The van der Waals surface area contributed by atoms with Crippen LogP contribution in [-0.4, -0.2) is 26.6 Å². The zero-order valence-corrected chi connectivity index (χ0v) is 16.0. The topological polar surface area (TPSA) is 123 Å². The number of nitrogens with zero attached hydrogens (tertiary/aromatic N) is 2. The van der Waals surface area contributed by atoms with E-state index in [1.807, 2.05) is 6.07 Å². The summed E-state index contributed by atoms with van der Waals surface area (Å²) in [4.78, 5) is 40.3. The lowest BCUT2D eigenvalue weighted by Crippen LogP contribution is -2.20. The normalized spacial score (nSPS) is 15.8. The fourth-order valence-electron chi connectivity index (χ4n) is 3.43. The lowest BCUT2D eigenvalue weighted by molar-refractivity contribution is 0.1000. The van der Waals surface area contributed by atoms with Gasteiger partial charge in [0.05, 0.1) is 11.3 Å². The number of nitrogens with one attached hydrogen (secondary N) is 2. The standard InChI is InChI=1S/C19H19N5O3S/c1-10-7-8-12-13(9-10)28-18(14(12)15(20)25)22-17(26)16-21-19(27)24(23-16)11-5-3-2-4-6-11/h2-6,10H,7-9H2,1H3,(H2,20,25)(H,22,26)(H,21,23,27). The molecule has 3 aromatic rings. The van der Waals surface area contributed by atoms with Gasteiger partial charge in [0.15, 0.2) is 0 Å². The maximum Gasteiger partial charge on any atom is 0.348 e. The SMILES string of the molecule is CC1CCc2c(sc(NC(=O)c3nn(-c4ccccc4)c(=O)[nH]3)c2C(N)=O)C1. The van der Waals surface area contributed by atoms with Crippen molar-refractivity contribution in [3.63, 3.8) is 0 Å². The first-order valence-corrected chi connectivity index (χ1v) is 9.76. The number of benzene rings is 1. The van der Waals surface area contributed by atoms with E-state index < -0.39 is 17.5 Å². The van der Waals surface area contributed by atoms with Gasteiger partial charge in [-0.05, 0) is 42.9 Å². The van der Waals surface area contributed by atoms with E-state index in [1.165, 1.54) is 11.3 Å². The minimum Gasteiger partial charge on any atom is -0.365 e. The van der Waals surface area contributed by atoms with E-state index >= 15 is 0 Å². The highest BCUT2D eigenvalue weighted by Crippen LogP contribution is 2.39. The minimum absolute atomic E-state index is 0.135. The van der Waals surface area contributed by atoms with Gasteiger partial charge in [-0.2, -0.15) is 4.68 Å². The molecule has 0 bridgehead atoms. The number of para-hydroxylation sites is 1. The first-order chi connectivity index (χ1) is 13.4. The maximum atomic E-state index is 12.7. The molecule has 0 saturated heterocycles. The Morgan fingerprint density at radius 3 is 2.79 bits per heavy atom. The van der Waals surface area contributed by atoms with Crippen LogP contribution < -0.4 is 16.7 Å². The fourth-order valence-corrected chi connectivity index (χ4v) is 4.84. The summed E-state index contributed by atoms with van der Waals surface area (Å²) in [6, 6.07) is 8.78. The van der Waals surface area contributed by atoms with Crippen molar-refractivity contribution in [1.82, 2.24) is 14.8 Å². The predicted octanol–water partition coefficient (Wildman–Crippen LogP) is 2.10. The molecule has 28 heavy (non-hydrogen) atoms. The number of primary amides is 1. The number of fused-ring (bicyclic) bond motifs is 1. The lowest BCUT2D eigenvalue weighted by atomic mass is 9.88. The Morgan fingerprint density at radius 1 is 1.32 bits per heavy atom. The van der Waals surface area contributed by atoms with Crippen LogP contribution >= 0.6 is 11.3 Å². The van der Waals surface area contributed by atoms with Crippen LogP contribution in [0, 0.1) is 5.92 Å². The van der Waals surface area contributed by atoms with Crippen LogP contribution in [0.2, 0.25) is 0 Å². The van der Waals surface area contributed by atoms with Crippen LogP contribution in [0.4, 0.5) is 5.00 Å². The van der Waals surface area contributed by atoms with E-state index in [9.17, 15) is 14.4 Å². The Labute approximate surface area is 164 Å². The number of rotatable bonds is 4. The number of aromatic amines is 1. The predicted molar refractivity (Wildman–Crippen MR) is 106 cm³/mol. The van der Waals surface area contributed by atoms with Crippen molar-refractivity contribution in [2.24, 2.45) is 11.7 Å². The van der Waals surface area contributed by atoms with Crippen molar-refractivity contribution in [3.05, 3.63) is 62.6 Å². The average Bonchev–Trinajstić information content (AvgIpc) is 3.22. The summed E-state index contributed by atoms with van der Waals surface area (Å²) in [5.41, 5.74) is 6.89. The summed E-state index contributed by atoms with van der Waals surface area (Å²) in [6.45, 7) is 2.16. The van der Waals surface area contributed by atoms with Gasteiger partial charge in [0, 0.05) is 4.88 Å². The summed E-state index contributed by atoms with van der Waals surface area (Å²) in [7, 11) is 0. The second-order valence-electron chi connectivity index (χ2n) is 6.90. The summed E-state index contributed by atoms with van der Waals surface area (Å²) in [6.07, 6.45) is 2.60. The number of hydrogen-bond donors (Lipinski definition) is 3. The van der Waals surface area contributed by atoms with Crippen molar-refractivity contribution >= 4 is 28.2 Å². The maximum absolute atomic E-state index is 12.7. The Kier molecular flexibility index (Phi) is 4.60. The number of thiophene rings is 1. The molecule has 1 aliphatic rings. The third-order valence-electron chi connectivity index (χ3n) is 4.82. The second-order valence-corrected chi connectivity index (χ2v) is 8.01. The summed E-state index contributed by atoms with van der Waals surface area (Å²) in [5, 5.41) is 7.18. The summed E-state index contributed by atoms with van der Waals surface area (Å²) < 4.78 is 1.12. The summed E-state index contributed by atoms with van der Waals surface area (Å²) >= 11 is 1.37. The van der Waals surface area contributed by atoms with Crippen LogP contribution in [0.25, 0.3) is 5.69 Å². The lowest BCUT2D eigenvalue weighted by Gasteiger charge is -2.18. The first-order valence-electron chi connectivity index (χ1n) is 8.94. The Hall–Kier alpha value is -3.20. The van der Waals surface area contributed by atoms with E-state index in [1.54, 1.807) is 24.3 Å². The van der Waals surface area contributed by atoms with Gasteiger partial charge in [0.1, 0.15) is 5.00 Å². The van der Waals surface area contributed by atoms with Crippen molar-refractivity contribution in [1.29, 1.82) is 0 Å². The van der Waals surface area contributed by atoms with Crippen molar-refractivity contribution in [2.75, 3.05) is 5.32 Å². The van der Waals surface area contributed by atoms with E-state index in [4.69, 9.17) is 5.73 Å². The molecule has 1 aromatic carbocycles. The number of H-pyrrole nitrogens is 1. The molecular weight excluding hydrogens is 378 g/mol. The highest BCUT2D eigenvalue weighted by atomic mass is 32.1. The van der Waals surface area contributed by atoms with Crippen LogP contribution in [-0.2, 0) is 12.8 Å². The number of carbonyl (C=O) groups is 2. The molecular formula is C19H19N5O3S. The van der Waals surface area contributed by atoms with E-state index in [2.05, 4.69) is 22.3 Å².